The smallest absolute Gasteiger partial charge is 0.0970 e. The molecule has 1 unspecified atom stereocenters. The Balaban J connectivity index is 0.955. The standard InChI is InChI=1S/C60H39N3/c1-3-16-45(17-4-1)60(46-18-5-2-6-19-46)54-22-9-7-20-48(54)52-36-53-51(37-55(52)60)49-21-8-10-23-56(49)63-57(53)44-14-11-13-39(35-44)40-24-25-42-34-43(27-26-41(42)33-40)47-30-32-62-59-50(47)29-28-38-15-12-31-61-58(38)59/h1,3-5,7-37H,2,6H2. The number of fused-ring (bicyclic) bond motifs is 10. The lowest BCUT2D eigenvalue weighted by molar-refractivity contribution is 0.752. The van der Waals surface area contributed by atoms with Crippen LogP contribution in [-0.2, 0) is 5.41 Å². The lowest BCUT2D eigenvalue weighted by atomic mass is 9.66. The Bertz CT molecular complexity index is 3750. The first kappa shape index (κ1) is 35.7. The second-order valence-corrected chi connectivity index (χ2v) is 17.0. The molecule has 0 N–H and O–H groups in total. The van der Waals surface area contributed by atoms with Crippen molar-refractivity contribution in [3.05, 3.63) is 235 Å². The minimum atomic E-state index is -0.432. The largest absolute Gasteiger partial charge is 0.254 e. The summed E-state index contributed by atoms with van der Waals surface area (Å²) in [4.78, 5) is 14.9. The van der Waals surface area contributed by atoms with E-state index in [9.17, 15) is 0 Å². The Hall–Kier alpha value is -8.01. The fraction of sp³-hybridized carbons (Fsp3) is 0.0500. The topological polar surface area (TPSA) is 38.7 Å². The second-order valence-electron chi connectivity index (χ2n) is 17.0. The normalized spacial score (nSPS) is 15.6. The van der Waals surface area contributed by atoms with Crippen molar-refractivity contribution in [1.82, 2.24) is 15.0 Å². The summed E-state index contributed by atoms with van der Waals surface area (Å²) >= 11 is 0. The van der Waals surface area contributed by atoms with Crippen LogP contribution in [0.3, 0.4) is 0 Å². The molecule has 13 rings (SSSR count). The van der Waals surface area contributed by atoms with Crippen molar-refractivity contribution in [3.8, 4) is 44.6 Å². The maximum absolute atomic E-state index is 5.47. The van der Waals surface area contributed by atoms with Gasteiger partial charge in [-0.1, -0.05) is 152 Å². The van der Waals surface area contributed by atoms with E-state index in [2.05, 4.69) is 199 Å². The van der Waals surface area contributed by atoms with E-state index in [1.54, 1.807) is 0 Å². The Kier molecular flexibility index (Phi) is 7.95. The third kappa shape index (κ3) is 5.43. The molecule has 3 aromatic heterocycles. The van der Waals surface area contributed by atoms with E-state index in [1.807, 2.05) is 18.5 Å². The monoisotopic (exact) mass is 801 g/mol. The maximum atomic E-state index is 5.47. The zero-order valence-electron chi connectivity index (χ0n) is 34.5. The Morgan fingerprint density at radius 2 is 1.19 bits per heavy atom. The molecule has 8 aromatic carbocycles. The molecule has 1 atom stereocenters. The van der Waals surface area contributed by atoms with Gasteiger partial charge in [-0.3, -0.25) is 9.97 Å². The van der Waals surface area contributed by atoms with Gasteiger partial charge in [0.15, 0.2) is 0 Å². The van der Waals surface area contributed by atoms with Crippen molar-refractivity contribution in [2.75, 3.05) is 0 Å². The summed E-state index contributed by atoms with van der Waals surface area (Å²) in [5, 5.41) is 8.14. The van der Waals surface area contributed by atoms with E-state index in [1.165, 1.54) is 60.5 Å². The van der Waals surface area contributed by atoms with Crippen molar-refractivity contribution in [3.63, 3.8) is 0 Å². The molecule has 3 heterocycles. The zero-order chi connectivity index (χ0) is 41.5. The first-order valence-electron chi connectivity index (χ1n) is 21.9. The van der Waals surface area contributed by atoms with Crippen LogP contribution in [0.25, 0.3) is 98.9 Å². The number of pyridine rings is 3. The number of benzene rings is 8. The Morgan fingerprint density at radius 3 is 2.10 bits per heavy atom. The number of hydrogen-bond acceptors (Lipinski definition) is 3. The molecule has 11 aromatic rings. The number of rotatable bonds is 5. The average molecular weight is 802 g/mol. The highest BCUT2D eigenvalue weighted by atomic mass is 14.7. The van der Waals surface area contributed by atoms with Gasteiger partial charge in [0.05, 0.1) is 27.7 Å². The van der Waals surface area contributed by atoms with Gasteiger partial charge in [0.25, 0.3) is 0 Å². The predicted octanol–water partition coefficient (Wildman–Crippen LogP) is 15.2. The highest BCUT2D eigenvalue weighted by molar-refractivity contribution is 6.14. The molecule has 0 amide bonds. The first-order chi connectivity index (χ1) is 31.2. The van der Waals surface area contributed by atoms with Crippen LogP contribution in [0.1, 0.15) is 29.5 Å². The summed E-state index contributed by atoms with van der Waals surface area (Å²) in [6.45, 7) is 0. The van der Waals surface area contributed by atoms with Crippen molar-refractivity contribution in [2.45, 2.75) is 18.3 Å². The molecule has 63 heavy (non-hydrogen) atoms. The molecule has 0 saturated carbocycles. The summed E-state index contributed by atoms with van der Waals surface area (Å²) in [7, 11) is 0. The molecule has 0 bridgehead atoms. The number of hydrogen-bond donors (Lipinski definition) is 0. The molecule has 3 heteroatoms. The van der Waals surface area contributed by atoms with Gasteiger partial charge in [-0.2, -0.15) is 0 Å². The molecule has 0 aliphatic heterocycles. The highest BCUT2D eigenvalue weighted by Gasteiger charge is 2.47. The molecule has 0 radical (unpaired) electrons. The molecule has 294 valence electrons. The van der Waals surface area contributed by atoms with Crippen molar-refractivity contribution in [1.29, 1.82) is 0 Å². The van der Waals surface area contributed by atoms with Crippen LogP contribution in [0, 0.1) is 0 Å². The number of para-hydroxylation sites is 1. The molecular formula is C60H39N3. The molecule has 0 saturated heterocycles. The quantitative estimate of drug-likeness (QED) is 0.163. The number of allylic oxidation sites excluding steroid dienone is 4. The highest BCUT2D eigenvalue weighted by Crippen LogP contribution is 2.58. The first-order valence-corrected chi connectivity index (χ1v) is 21.9. The zero-order valence-corrected chi connectivity index (χ0v) is 34.5. The van der Waals surface area contributed by atoms with Gasteiger partial charge in [0, 0.05) is 39.5 Å². The van der Waals surface area contributed by atoms with E-state index in [4.69, 9.17) is 9.97 Å². The van der Waals surface area contributed by atoms with Gasteiger partial charge in [0.1, 0.15) is 0 Å². The van der Waals surface area contributed by atoms with Crippen LogP contribution >= 0.6 is 0 Å². The Labute approximate surface area is 365 Å². The van der Waals surface area contributed by atoms with E-state index in [0.29, 0.717) is 0 Å². The third-order valence-electron chi connectivity index (χ3n) is 13.6. The minimum Gasteiger partial charge on any atom is -0.254 e. The lowest BCUT2D eigenvalue weighted by Gasteiger charge is -2.35. The van der Waals surface area contributed by atoms with Gasteiger partial charge >= 0.3 is 0 Å². The summed E-state index contributed by atoms with van der Waals surface area (Å²) in [5.41, 5.74) is 17.0. The summed E-state index contributed by atoms with van der Waals surface area (Å²) in [6.07, 6.45) is 13.0. The maximum Gasteiger partial charge on any atom is 0.0970 e. The van der Waals surface area contributed by atoms with Crippen LogP contribution < -0.4 is 0 Å². The number of nitrogens with zero attached hydrogens (tertiary/aromatic N) is 3. The van der Waals surface area contributed by atoms with E-state index in [-0.39, 0.29) is 0 Å². The lowest BCUT2D eigenvalue weighted by Crippen LogP contribution is -2.29. The molecule has 2 aliphatic carbocycles. The van der Waals surface area contributed by atoms with Gasteiger partial charge in [-0.05, 0) is 133 Å². The van der Waals surface area contributed by atoms with Crippen molar-refractivity contribution in [2.24, 2.45) is 0 Å². The van der Waals surface area contributed by atoms with Crippen LogP contribution in [-0.4, -0.2) is 15.0 Å². The van der Waals surface area contributed by atoms with Crippen LogP contribution in [0.15, 0.2) is 218 Å². The third-order valence-corrected chi connectivity index (χ3v) is 13.6. The second kappa shape index (κ2) is 14.0. The van der Waals surface area contributed by atoms with E-state index >= 15 is 0 Å². The molecule has 3 nitrogen and oxygen atoms in total. The van der Waals surface area contributed by atoms with Crippen LogP contribution in [0.2, 0.25) is 0 Å². The summed E-state index contributed by atoms with van der Waals surface area (Å²) in [5.74, 6) is 0. The SMILES string of the molecule is C1=CC(C2(c3ccccc3)c3ccccc3-c3cc4c(-c5cccc(-c6ccc7cc(-c8ccnc9c8ccc8cccnc89)ccc7c6)c5)nc5ccccc5c4cc32)=CCC1. The molecule has 0 fully saturated rings. The van der Waals surface area contributed by atoms with Gasteiger partial charge in [-0.15, -0.1) is 0 Å². The van der Waals surface area contributed by atoms with Crippen LogP contribution in [0.4, 0.5) is 0 Å². The minimum absolute atomic E-state index is 0.432. The summed E-state index contributed by atoms with van der Waals surface area (Å²) in [6, 6.07) is 66.8. The average Bonchev–Trinajstić information content (AvgIpc) is 3.65. The van der Waals surface area contributed by atoms with E-state index in [0.717, 1.165) is 73.5 Å². The fourth-order valence-electron chi connectivity index (χ4n) is 10.8. The number of aromatic nitrogens is 3. The fourth-order valence-corrected chi connectivity index (χ4v) is 10.8. The molecular weight excluding hydrogens is 763 g/mol. The van der Waals surface area contributed by atoms with Gasteiger partial charge in [-0.25, -0.2) is 4.98 Å². The van der Waals surface area contributed by atoms with Crippen molar-refractivity contribution < 1.29 is 0 Å². The van der Waals surface area contributed by atoms with Gasteiger partial charge in [0.2, 0.25) is 0 Å². The summed E-state index contributed by atoms with van der Waals surface area (Å²) < 4.78 is 0. The Morgan fingerprint density at radius 1 is 0.413 bits per heavy atom. The molecule has 0 spiro atoms. The van der Waals surface area contributed by atoms with Crippen LogP contribution in [0.5, 0.6) is 0 Å². The van der Waals surface area contributed by atoms with Crippen molar-refractivity contribution >= 4 is 54.3 Å². The van der Waals surface area contributed by atoms with E-state index < -0.39 is 5.41 Å². The molecule has 2 aliphatic rings. The van der Waals surface area contributed by atoms with Gasteiger partial charge < -0.3 is 0 Å². The predicted molar refractivity (Wildman–Crippen MR) is 262 cm³/mol.